The SMILES string of the molecule is CC(CS(C)(=O)=O)NS(=O)(=O)c1cc(Br)cnc1N. The fourth-order valence-corrected chi connectivity index (χ4v) is 4.39. The molecule has 1 heterocycles. The smallest absolute Gasteiger partial charge is 0.244 e. The number of aromatic nitrogens is 1. The maximum atomic E-state index is 12.1. The predicted octanol–water partition coefficient (Wildman–Crippen LogP) is 0.138. The third kappa shape index (κ3) is 5.05. The molecule has 0 aliphatic heterocycles. The minimum atomic E-state index is -3.92. The highest BCUT2D eigenvalue weighted by Crippen LogP contribution is 2.20. The zero-order chi connectivity index (χ0) is 14.8. The third-order valence-electron chi connectivity index (χ3n) is 2.05. The van der Waals surface area contributed by atoms with E-state index in [9.17, 15) is 16.8 Å². The van der Waals surface area contributed by atoms with Gasteiger partial charge in [0, 0.05) is 23.0 Å². The first-order chi connectivity index (χ1) is 8.51. The molecule has 0 bridgehead atoms. The standard InChI is InChI=1S/C9H14BrN3O4S2/c1-6(5-18(2,14)15)13-19(16,17)8-3-7(10)4-12-9(8)11/h3-4,6,13H,5H2,1-2H3,(H2,11,12). The highest BCUT2D eigenvalue weighted by Gasteiger charge is 2.23. The minimum absolute atomic E-state index is 0.151. The highest BCUT2D eigenvalue weighted by atomic mass is 79.9. The van der Waals surface area contributed by atoms with E-state index in [1.165, 1.54) is 19.2 Å². The molecule has 0 radical (unpaired) electrons. The van der Waals surface area contributed by atoms with Crippen LogP contribution in [0.4, 0.5) is 5.82 Å². The highest BCUT2D eigenvalue weighted by molar-refractivity contribution is 9.10. The van der Waals surface area contributed by atoms with Crippen molar-refractivity contribution in [1.82, 2.24) is 9.71 Å². The average molecular weight is 372 g/mol. The maximum absolute atomic E-state index is 12.1. The van der Waals surface area contributed by atoms with Gasteiger partial charge in [0.15, 0.2) is 0 Å². The van der Waals surface area contributed by atoms with Crippen LogP contribution in [0.25, 0.3) is 0 Å². The van der Waals surface area contributed by atoms with E-state index in [0.29, 0.717) is 4.47 Å². The number of hydrogen-bond acceptors (Lipinski definition) is 6. The molecule has 0 saturated carbocycles. The third-order valence-corrected chi connectivity index (χ3v) is 5.20. The monoisotopic (exact) mass is 371 g/mol. The molecule has 19 heavy (non-hydrogen) atoms. The van der Waals surface area contributed by atoms with Crippen molar-refractivity contribution in [2.45, 2.75) is 17.9 Å². The molecule has 108 valence electrons. The van der Waals surface area contributed by atoms with Crippen LogP contribution < -0.4 is 10.5 Å². The van der Waals surface area contributed by atoms with Crippen molar-refractivity contribution < 1.29 is 16.8 Å². The topological polar surface area (TPSA) is 119 Å². The number of halogens is 1. The summed E-state index contributed by atoms with van der Waals surface area (Å²) >= 11 is 3.10. The lowest BCUT2D eigenvalue weighted by Gasteiger charge is -2.14. The molecule has 1 aromatic rings. The molecule has 10 heteroatoms. The van der Waals surface area contributed by atoms with Gasteiger partial charge in [-0.3, -0.25) is 0 Å². The van der Waals surface area contributed by atoms with Crippen molar-refractivity contribution >= 4 is 41.6 Å². The Balaban J connectivity index is 3.02. The molecule has 1 aromatic heterocycles. The molecule has 0 aliphatic carbocycles. The molecule has 0 aliphatic rings. The molecule has 0 amide bonds. The fourth-order valence-electron chi connectivity index (χ4n) is 1.46. The van der Waals surface area contributed by atoms with Crippen LogP contribution in [-0.2, 0) is 19.9 Å². The Labute approximate surface area is 120 Å². The molecule has 0 saturated heterocycles. The largest absolute Gasteiger partial charge is 0.383 e. The van der Waals surface area contributed by atoms with Gasteiger partial charge < -0.3 is 5.73 Å². The van der Waals surface area contributed by atoms with Gasteiger partial charge in [-0.1, -0.05) is 0 Å². The summed E-state index contributed by atoms with van der Waals surface area (Å²) in [5.41, 5.74) is 5.51. The van der Waals surface area contributed by atoms with E-state index >= 15 is 0 Å². The normalized spacial score (nSPS) is 14.3. The van der Waals surface area contributed by atoms with E-state index in [0.717, 1.165) is 6.26 Å². The summed E-state index contributed by atoms with van der Waals surface area (Å²) in [6.07, 6.45) is 2.40. The second-order valence-corrected chi connectivity index (χ2v) is 8.93. The van der Waals surface area contributed by atoms with Crippen molar-refractivity contribution in [2.24, 2.45) is 0 Å². The molecular weight excluding hydrogens is 358 g/mol. The zero-order valence-corrected chi connectivity index (χ0v) is 13.5. The fraction of sp³-hybridized carbons (Fsp3) is 0.444. The van der Waals surface area contributed by atoms with E-state index in [-0.39, 0.29) is 16.5 Å². The number of hydrogen-bond donors (Lipinski definition) is 2. The first-order valence-corrected chi connectivity index (χ1v) is 9.46. The van der Waals surface area contributed by atoms with Crippen LogP contribution in [0.3, 0.4) is 0 Å². The van der Waals surface area contributed by atoms with Crippen LogP contribution in [0, 0.1) is 0 Å². The van der Waals surface area contributed by atoms with Gasteiger partial charge in [-0.2, -0.15) is 0 Å². The quantitative estimate of drug-likeness (QED) is 0.759. The van der Waals surface area contributed by atoms with Gasteiger partial charge in [0.1, 0.15) is 20.6 Å². The molecule has 1 unspecified atom stereocenters. The van der Waals surface area contributed by atoms with Crippen molar-refractivity contribution in [3.63, 3.8) is 0 Å². The Morgan fingerprint density at radius 1 is 1.42 bits per heavy atom. The Hall–Kier alpha value is -0.710. The van der Waals surface area contributed by atoms with Crippen LogP contribution >= 0.6 is 15.9 Å². The van der Waals surface area contributed by atoms with Crippen molar-refractivity contribution in [2.75, 3.05) is 17.7 Å². The second kappa shape index (κ2) is 5.73. The number of nitrogens with zero attached hydrogens (tertiary/aromatic N) is 1. The lowest BCUT2D eigenvalue weighted by molar-refractivity contribution is 0.564. The number of rotatable bonds is 5. The summed E-state index contributed by atoms with van der Waals surface area (Å²) in [5.74, 6) is -0.449. The Morgan fingerprint density at radius 3 is 2.53 bits per heavy atom. The van der Waals surface area contributed by atoms with Gasteiger partial charge >= 0.3 is 0 Å². The van der Waals surface area contributed by atoms with Crippen molar-refractivity contribution in [3.8, 4) is 0 Å². The lowest BCUT2D eigenvalue weighted by Crippen LogP contribution is -2.37. The molecular formula is C9H14BrN3O4S2. The molecule has 7 nitrogen and oxygen atoms in total. The number of sulfone groups is 1. The number of pyridine rings is 1. The van der Waals surface area contributed by atoms with E-state index in [1.807, 2.05) is 0 Å². The van der Waals surface area contributed by atoms with Crippen LogP contribution in [0.1, 0.15) is 6.92 Å². The van der Waals surface area contributed by atoms with Crippen LogP contribution in [0.5, 0.6) is 0 Å². The minimum Gasteiger partial charge on any atom is -0.383 e. The molecule has 1 rings (SSSR count). The first kappa shape index (κ1) is 16.3. The van der Waals surface area contributed by atoms with E-state index in [4.69, 9.17) is 5.73 Å². The first-order valence-electron chi connectivity index (χ1n) is 5.12. The Kier molecular flexibility index (Phi) is 4.93. The summed E-state index contributed by atoms with van der Waals surface area (Å²) in [7, 11) is -7.20. The van der Waals surface area contributed by atoms with Gasteiger partial charge in [-0.05, 0) is 28.9 Å². The van der Waals surface area contributed by atoms with Crippen LogP contribution in [-0.4, -0.2) is 39.9 Å². The van der Waals surface area contributed by atoms with Gasteiger partial charge in [0.05, 0.1) is 5.75 Å². The van der Waals surface area contributed by atoms with E-state index in [1.54, 1.807) is 0 Å². The molecule has 0 fully saturated rings. The van der Waals surface area contributed by atoms with E-state index < -0.39 is 25.9 Å². The average Bonchev–Trinajstić information content (AvgIpc) is 2.17. The maximum Gasteiger partial charge on any atom is 0.244 e. The van der Waals surface area contributed by atoms with Gasteiger partial charge in [0.25, 0.3) is 0 Å². The van der Waals surface area contributed by atoms with E-state index in [2.05, 4.69) is 25.6 Å². The van der Waals surface area contributed by atoms with Crippen LogP contribution in [0.15, 0.2) is 21.6 Å². The number of nitrogens with one attached hydrogen (secondary N) is 1. The molecule has 1 atom stereocenters. The summed E-state index contributed by atoms with van der Waals surface area (Å²) < 4.78 is 49.0. The molecule has 0 spiro atoms. The van der Waals surface area contributed by atoms with Gasteiger partial charge in [-0.25, -0.2) is 26.5 Å². The summed E-state index contributed by atoms with van der Waals surface area (Å²) in [5, 5.41) is 0. The predicted molar refractivity (Wildman–Crippen MR) is 75.8 cm³/mol. The molecule has 0 aromatic carbocycles. The Morgan fingerprint density at radius 2 is 2.00 bits per heavy atom. The Bertz CT molecular complexity index is 673. The summed E-state index contributed by atoms with van der Waals surface area (Å²) in [6, 6.07) is 0.538. The number of nitrogen functional groups attached to an aromatic ring is 1. The van der Waals surface area contributed by atoms with Crippen molar-refractivity contribution in [1.29, 1.82) is 0 Å². The molecule has 3 N–H and O–H groups in total. The lowest BCUT2D eigenvalue weighted by atomic mass is 10.4. The second-order valence-electron chi connectivity index (χ2n) is 4.15. The zero-order valence-electron chi connectivity index (χ0n) is 10.3. The number of sulfonamides is 1. The summed E-state index contributed by atoms with van der Waals surface area (Å²) in [6.45, 7) is 1.46. The van der Waals surface area contributed by atoms with Crippen LogP contribution in [0.2, 0.25) is 0 Å². The number of anilines is 1. The summed E-state index contributed by atoms with van der Waals surface area (Å²) in [4.78, 5) is 3.53. The van der Waals surface area contributed by atoms with Gasteiger partial charge in [-0.15, -0.1) is 0 Å². The van der Waals surface area contributed by atoms with Crippen molar-refractivity contribution in [3.05, 3.63) is 16.7 Å². The van der Waals surface area contributed by atoms with Gasteiger partial charge in [0.2, 0.25) is 10.0 Å². The number of nitrogens with two attached hydrogens (primary N) is 1.